The van der Waals surface area contributed by atoms with Gasteiger partial charge in [-0.2, -0.15) is 4.98 Å². The zero-order valence-corrected chi connectivity index (χ0v) is 11.6. The van der Waals surface area contributed by atoms with Crippen molar-refractivity contribution in [2.24, 2.45) is 11.7 Å². The van der Waals surface area contributed by atoms with E-state index < -0.39 is 0 Å². The first-order valence-corrected chi connectivity index (χ1v) is 7.24. The first kappa shape index (κ1) is 13.5. The molecule has 1 fully saturated rings. The third-order valence-corrected chi connectivity index (χ3v) is 3.82. The standard InChI is InChI=1S/C14H25N3O/c1-10(2)8-12(9-15)14-16-13(17-18-14)11-6-4-3-5-7-11/h10-12H,3-9,15H2,1-2H3. The van der Waals surface area contributed by atoms with Crippen molar-refractivity contribution < 1.29 is 4.52 Å². The summed E-state index contributed by atoms with van der Waals surface area (Å²) < 4.78 is 5.43. The third-order valence-electron chi connectivity index (χ3n) is 3.82. The third kappa shape index (κ3) is 3.31. The highest BCUT2D eigenvalue weighted by atomic mass is 16.5. The van der Waals surface area contributed by atoms with Gasteiger partial charge in [-0.25, -0.2) is 0 Å². The summed E-state index contributed by atoms with van der Waals surface area (Å²) in [6, 6.07) is 0. The van der Waals surface area contributed by atoms with Gasteiger partial charge in [0.2, 0.25) is 5.89 Å². The molecule has 4 heteroatoms. The molecule has 0 aliphatic heterocycles. The minimum atomic E-state index is 0.217. The van der Waals surface area contributed by atoms with Gasteiger partial charge in [0.15, 0.2) is 5.82 Å². The molecule has 2 rings (SSSR count). The van der Waals surface area contributed by atoms with Gasteiger partial charge < -0.3 is 10.3 Å². The molecule has 0 amide bonds. The average molecular weight is 251 g/mol. The molecule has 1 unspecified atom stereocenters. The number of nitrogens with two attached hydrogens (primary N) is 1. The lowest BCUT2D eigenvalue weighted by Crippen LogP contribution is -2.15. The van der Waals surface area contributed by atoms with Crippen LogP contribution in [0.1, 0.15) is 75.9 Å². The highest BCUT2D eigenvalue weighted by molar-refractivity contribution is 5.00. The van der Waals surface area contributed by atoms with Crippen LogP contribution in [0.2, 0.25) is 0 Å². The Kier molecular flexibility index (Phi) is 4.75. The van der Waals surface area contributed by atoms with Crippen molar-refractivity contribution >= 4 is 0 Å². The van der Waals surface area contributed by atoms with Crippen LogP contribution in [0.25, 0.3) is 0 Å². The Hall–Kier alpha value is -0.900. The minimum Gasteiger partial charge on any atom is -0.339 e. The summed E-state index contributed by atoms with van der Waals surface area (Å²) in [5.41, 5.74) is 5.81. The van der Waals surface area contributed by atoms with Crippen LogP contribution >= 0.6 is 0 Å². The second-order valence-electron chi connectivity index (χ2n) is 5.89. The van der Waals surface area contributed by atoms with Crippen LogP contribution in [0.3, 0.4) is 0 Å². The van der Waals surface area contributed by atoms with Crippen LogP contribution in [0, 0.1) is 5.92 Å². The van der Waals surface area contributed by atoms with Gasteiger partial charge in [0.1, 0.15) is 0 Å². The van der Waals surface area contributed by atoms with Gasteiger partial charge in [0.05, 0.1) is 5.92 Å². The monoisotopic (exact) mass is 251 g/mol. The van der Waals surface area contributed by atoms with Gasteiger partial charge in [-0.1, -0.05) is 38.3 Å². The smallest absolute Gasteiger partial charge is 0.231 e. The molecule has 0 saturated heterocycles. The Balaban J connectivity index is 2.03. The van der Waals surface area contributed by atoms with E-state index in [-0.39, 0.29) is 5.92 Å². The zero-order valence-electron chi connectivity index (χ0n) is 11.6. The van der Waals surface area contributed by atoms with Crippen LogP contribution in [0.4, 0.5) is 0 Å². The molecule has 0 aromatic carbocycles. The van der Waals surface area contributed by atoms with Crippen molar-refractivity contribution in [3.63, 3.8) is 0 Å². The van der Waals surface area contributed by atoms with E-state index in [9.17, 15) is 0 Å². The largest absolute Gasteiger partial charge is 0.339 e. The molecule has 1 heterocycles. The van der Waals surface area contributed by atoms with E-state index >= 15 is 0 Å². The Morgan fingerprint density at radius 1 is 1.28 bits per heavy atom. The van der Waals surface area contributed by atoms with Crippen molar-refractivity contribution in [1.29, 1.82) is 0 Å². The minimum absolute atomic E-state index is 0.217. The van der Waals surface area contributed by atoms with E-state index in [4.69, 9.17) is 10.3 Å². The lowest BCUT2D eigenvalue weighted by Gasteiger charge is -2.17. The fourth-order valence-corrected chi connectivity index (χ4v) is 2.81. The summed E-state index contributed by atoms with van der Waals surface area (Å²) in [6.45, 7) is 4.98. The van der Waals surface area contributed by atoms with E-state index in [0.29, 0.717) is 18.4 Å². The molecule has 1 aliphatic carbocycles. The number of nitrogens with zero attached hydrogens (tertiary/aromatic N) is 2. The molecule has 1 saturated carbocycles. The predicted octanol–water partition coefficient (Wildman–Crippen LogP) is 3.21. The van der Waals surface area contributed by atoms with Crippen molar-refractivity contribution in [3.8, 4) is 0 Å². The number of hydrogen-bond acceptors (Lipinski definition) is 4. The van der Waals surface area contributed by atoms with Gasteiger partial charge in [0.25, 0.3) is 0 Å². The lowest BCUT2D eigenvalue weighted by atomic mass is 9.89. The topological polar surface area (TPSA) is 64.9 Å². The average Bonchev–Trinajstić information content (AvgIpc) is 2.86. The first-order chi connectivity index (χ1) is 8.70. The fraction of sp³-hybridized carbons (Fsp3) is 0.857. The summed E-state index contributed by atoms with van der Waals surface area (Å²) in [6.07, 6.45) is 7.36. The van der Waals surface area contributed by atoms with Crippen molar-refractivity contribution in [2.45, 2.75) is 64.2 Å². The Morgan fingerprint density at radius 3 is 2.61 bits per heavy atom. The number of hydrogen-bond donors (Lipinski definition) is 1. The SMILES string of the molecule is CC(C)CC(CN)c1nc(C2CCCCC2)no1. The van der Waals surface area contributed by atoms with Crippen LogP contribution in [-0.2, 0) is 0 Å². The van der Waals surface area contributed by atoms with Gasteiger partial charge >= 0.3 is 0 Å². The second-order valence-corrected chi connectivity index (χ2v) is 5.89. The molecule has 1 aromatic rings. The maximum atomic E-state index is 5.81. The fourth-order valence-electron chi connectivity index (χ4n) is 2.81. The van der Waals surface area contributed by atoms with Crippen molar-refractivity contribution in [1.82, 2.24) is 10.1 Å². The van der Waals surface area contributed by atoms with Crippen molar-refractivity contribution in [3.05, 3.63) is 11.7 Å². The van der Waals surface area contributed by atoms with Gasteiger partial charge in [-0.05, 0) is 25.2 Å². The van der Waals surface area contributed by atoms with Crippen LogP contribution in [-0.4, -0.2) is 16.7 Å². The highest BCUT2D eigenvalue weighted by Gasteiger charge is 2.24. The molecule has 0 radical (unpaired) electrons. The van der Waals surface area contributed by atoms with E-state index in [1.54, 1.807) is 0 Å². The maximum Gasteiger partial charge on any atom is 0.231 e. The summed E-state index contributed by atoms with van der Waals surface area (Å²) in [5, 5.41) is 4.17. The Bertz CT molecular complexity index is 356. The van der Waals surface area contributed by atoms with Crippen LogP contribution < -0.4 is 5.73 Å². The summed E-state index contributed by atoms with van der Waals surface area (Å²) in [5.74, 6) is 2.98. The molecule has 18 heavy (non-hydrogen) atoms. The normalized spacial score (nSPS) is 19.3. The van der Waals surface area contributed by atoms with Crippen molar-refractivity contribution in [2.75, 3.05) is 6.54 Å². The van der Waals surface area contributed by atoms with Crippen LogP contribution in [0.15, 0.2) is 4.52 Å². The summed E-state index contributed by atoms with van der Waals surface area (Å²) in [4.78, 5) is 4.60. The van der Waals surface area contributed by atoms with E-state index in [1.807, 2.05) is 0 Å². The zero-order chi connectivity index (χ0) is 13.0. The van der Waals surface area contributed by atoms with E-state index in [1.165, 1.54) is 32.1 Å². The summed E-state index contributed by atoms with van der Waals surface area (Å²) in [7, 11) is 0. The maximum absolute atomic E-state index is 5.81. The second kappa shape index (κ2) is 6.32. The van der Waals surface area contributed by atoms with E-state index in [0.717, 1.165) is 18.1 Å². The molecular formula is C14H25N3O. The molecular weight excluding hydrogens is 226 g/mol. The Morgan fingerprint density at radius 2 is 2.00 bits per heavy atom. The molecule has 1 aromatic heterocycles. The molecule has 102 valence electrons. The van der Waals surface area contributed by atoms with Gasteiger partial charge in [-0.15, -0.1) is 0 Å². The molecule has 0 bridgehead atoms. The number of aromatic nitrogens is 2. The quantitative estimate of drug-likeness (QED) is 0.872. The summed E-state index contributed by atoms with van der Waals surface area (Å²) >= 11 is 0. The Labute approximate surface area is 109 Å². The molecule has 2 N–H and O–H groups in total. The molecule has 1 aliphatic rings. The molecule has 4 nitrogen and oxygen atoms in total. The molecule has 0 spiro atoms. The van der Waals surface area contributed by atoms with Crippen LogP contribution in [0.5, 0.6) is 0 Å². The van der Waals surface area contributed by atoms with Gasteiger partial charge in [0, 0.05) is 12.5 Å². The predicted molar refractivity (Wildman–Crippen MR) is 71.4 cm³/mol. The number of rotatable bonds is 5. The van der Waals surface area contributed by atoms with E-state index in [2.05, 4.69) is 24.0 Å². The highest BCUT2D eigenvalue weighted by Crippen LogP contribution is 2.32. The molecule has 1 atom stereocenters. The van der Waals surface area contributed by atoms with Gasteiger partial charge in [-0.3, -0.25) is 0 Å². The first-order valence-electron chi connectivity index (χ1n) is 7.24. The lowest BCUT2D eigenvalue weighted by molar-refractivity contribution is 0.326.